The Bertz CT molecular complexity index is 384. The fourth-order valence-electron chi connectivity index (χ4n) is 1.43. The molecule has 5 heteroatoms. The SMILES string of the molecule is CCC(Br)CCc1ccc(Cl)cc1[N+](=O)[O-]. The molecule has 0 spiro atoms. The summed E-state index contributed by atoms with van der Waals surface area (Å²) < 4.78 is 0. The third kappa shape index (κ3) is 3.76. The Morgan fingerprint density at radius 2 is 2.25 bits per heavy atom. The van der Waals surface area contributed by atoms with Crippen LogP contribution < -0.4 is 0 Å². The molecule has 16 heavy (non-hydrogen) atoms. The van der Waals surface area contributed by atoms with Crippen LogP contribution in [0.2, 0.25) is 5.02 Å². The van der Waals surface area contributed by atoms with Crippen LogP contribution in [0.15, 0.2) is 18.2 Å². The number of rotatable bonds is 5. The summed E-state index contributed by atoms with van der Waals surface area (Å²) in [5.41, 5.74) is 0.857. The zero-order valence-corrected chi connectivity index (χ0v) is 11.3. The summed E-state index contributed by atoms with van der Waals surface area (Å²) in [5, 5.41) is 11.2. The van der Waals surface area contributed by atoms with E-state index in [0.717, 1.165) is 18.4 Å². The number of aryl methyl sites for hydroxylation is 1. The van der Waals surface area contributed by atoms with Gasteiger partial charge in [0.05, 0.1) is 4.92 Å². The van der Waals surface area contributed by atoms with Crippen molar-refractivity contribution >= 4 is 33.2 Å². The van der Waals surface area contributed by atoms with E-state index in [4.69, 9.17) is 11.6 Å². The zero-order valence-electron chi connectivity index (χ0n) is 8.95. The summed E-state index contributed by atoms with van der Waals surface area (Å²) in [7, 11) is 0. The van der Waals surface area contributed by atoms with Gasteiger partial charge in [0.15, 0.2) is 0 Å². The van der Waals surface area contributed by atoms with Crippen molar-refractivity contribution in [2.45, 2.75) is 31.0 Å². The van der Waals surface area contributed by atoms with Crippen LogP contribution in [-0.2, 0) is 6.42 Å². The maximum Gasteiger partial charge on any atom is 0.274 e. The van der Waals surface area contributed by atoms with E-state index in [0.29, 0.717) is 16.3 Å². The van der Waals surface area contributed by atoms with Crippen LogP contribution in [0.3, 0.4) is 0 Å². The molecule has 0 saturated heterocycles. The molecule has 0 heterocycles. The average molecular weight is 307 g/mol. The van der Waals surface area contributed by atoms with Crippen LogP contribution >= 0.6 is 27.5 Å². The number of hydrogen-bond acceptors (Lipinski definition) is 2. The van der Waals surface area contributed by atoms with Gasteiger partial charge in [-0.05, 0) is 25.3 Å². The molecule has 1 aromatic rings. The van der Waals surface area contributed by atoms with E-state index in [2.05, 4.69) is 22.9 Å². The van der Waals surface area contributed by atoms with Crippen molar-refractivity contribution in [1.82, 2.24) is 0 Å². The van der Waals surface area contributed by atoms with Gasteiger partial charge in [0.2, 0.25) is 0 Å². The molecule has 0 N–H and O–H groups in total. The van der Waals surface area contributed by atoms with Crippen LogP contribution in [0.1, 0.15) is 25.3 Å². The van der Waals surface area contributed by atoms with Crippen LogP contribution in [0.4, 0.5) is 5.69 Å². The Labute approximate surface area is 108 Å². The molecule has 1 unspecified atom stereocenters. The van der Waals surface area contributed by atoms with Gasteiger partial charge in [-0.1, -0.05) is 40.5 Å². The van der Waals surface area contributed by atoms with Gasteiger partial charge in [-0.25, -0.2) is 0 Å². The number of nitrogens with zero attached hydrogens (tertiary/aromatic N) is 1. The highest BCUT2D eigenvalue weighted by Crippen LogP contribution is 2.25. The van der Waals surface area contributed by atoms with Crippen molar-refractivity contribution in [3.8, 4) is 0 Å². The Balaban J connectivity index is 2.82. The highest BCUT2D eigenvalue weighted by molar-refractivity contribution is 9.09. The topological polar surface area (TPSA) is 43.1 Å². The Kier molecular flexibility index (Phi) is 5.22. The summed E-state index contributed by atoms with van der Waals surface area (Å²) in [6, 6.07) is 4.83. The minimum absolute atomic E-state index is 0.114. The first-order valence-electron chi connectivity index (χ1n) is 5.11. The first-order chi connectivity index (χ1) is 7.54. The number of hydrogen-bond donors (Lipinski definition) is 0. The molecule has 0 aliphatic rings. The van der Waals surface area contributed by atoms with Crippen LogP contribution in [-0.4, -0.2) is 9.75 Å². The first-order valence-corrected chi connectivity index (χ1v) is 6.40. The number of nitro groups is 1. The molecule has 1 atom stereocenters. The smallest absolute Gasteiger partial charge is 0.258 e. The molecule has 0 amide bonds. The van der Waals surface area contributed by atoms with Crippen LogP contribution in [0.5, 0.6) is 0 Å². The van der Waals surface area contributed by atoms with Crippen molar-refractivity contribution in [2.24, 2.45) is 0 Å². The molecule has 88 valence electrons. The second-order valence-corrected chi connectivity index (χ2v) is 5.31. The van der Waals surface area contributed by atoms with E-state index in [1.807, 2.05) is 0 Å². The van der Waals surface area contributed by atoms with Crippen molar-refractivity contribution in [3.05, 3.63) is 38.9 Å². The quantitative estimate of drug-likeness (QED) is 0.461. The standard InChI is InChI=1S/C11H13BrClNO2/c1-2-9(12)5-3-8-4-6-10(13)7-11(8)14(15)16/h4,6-7,9H,2-3,5H2,1H3. The van der Waals surface area contributed by atoms with Crippen molar-refractivity contribution in [1.29, 1.82) is 0 Å². The minimum atomic E-state index is -0.379. The maximum atomic E-state index is 10.8. The Morgan fingerprint density at radius 1 is 1.56 bits per heavy atom. The normalized spacial score (nSPS) is 12.4. The van der Waals surface area contributed by atoms with Gasteiger partial charge >= 0.3 is 0 Å². The van der Waals surface area contributed by atoms with Crippen LogP contribution in [0.25, 0.3) is 0 Å². The molecule has 0 saturated carbocycles. The lowest BCUT2D eigenvalue weighted by Gasteiger charge is -2.07. The maximum absolute atomic E-state index is 10.8. The molecule has 0 aliphatic heterocycles. The van der Waals surface area contributed by atoms with E-state index >= 15 is 0 Å². The van der Waals surface area contributed by atoms with E-state index in [9.17, 15) is 10.1 Å². The number of benzene rings is 1. The third-order valence-corrected chi connectivity index (χ3v) is 3.75. The Morgan fingerprint density at radius 3 is 2.81 bits per heavy atom. The number of halogens is 2. The van der Waals surface area contributed by atoms with Gasteiger partial charge in [-0.15, -0.1) is 0 Å². The number of nitro benzene ring substituents is 1. The summed E-state index contributed by atoms with van der Waals surface area (Å²) in [4.78, 5) is 10.9. The fraction of sp³-hybridized carbons (Fsp3) is 0.455. The lowest BCUT2D eigenvalue weighted by atomic mass is 10.1. The minimum Gasteiger partial charge on any atom is -0.258 e. The van der Waals surface area contributed by atoms with Gasteiger partial charge in [0.25, 0.3) is 5.69 Å². The lowest BCUT2D eigenvalue weighted by molar-refractivity contribution is -0.385. The van der Waals surface area contributed by atoms with Gasteiger partial charge in [-0.2, -0.15) is 0 Å². The zero-order chi connectivity index (χ0) is 12.1. The third-order valence-electron chi connectivity index (χ3n) is 2.41. The average Bonchev–Trinajstić information content (AvgIpc) is 2.26. The first kappa shape index (κ1) is 13.5. The molecular formula is C11H13BrClNO2. The van der Waals surface area contributed by atoms with Crippen molar-refractivity contribution in [3.63, 3.8) is 0 Å². The molecular weight excluding hydrogens is 293 g/mol. The van der Waals surface area contributed by atoms with Gasteiger partial charge in [0.1, 0.15) is 0 Å². The number of alkyl halides is 1. The highest BCUT2D eigenvalue weighted by Gasteiger charge is 2.14. The largest absolute Gasteiger partial charge is 0.274 e. The molecule has 1 rings (SSSR count). The van der Waals surface area contributed by atoms with E-state index in [1.165, 1.54) is 6.07 Å². The van der Waals surface area contributed by atoms with Gasteiger partial charge in [0, 0.05) is 21.5 Å². The van der Waals surface area contributed by atoms with E-state index < -0.39 is 0 Å². The summed E-state index contributed by atoms with van der Waals surface area (Å²) in [5.74, 6) is 0. The molecule has 0 aliphatic carbocycles. The second kappa shape index (κ2) is 6.21. The lowest BCUT2D eigenvalue weighted by Crippen LogP contribution is -2.01. The monoisotopic (exact) mass is 305 g/mol. The predicted molar refractivity (Wildman–Crippen MR) is 69.4 cm³/mol. The van der Waals surface area contributed by atoms with Crippen LogP contribution in [0, 0.1) is 10.1 Å². The van der Waals surface area contributed by atoms with Crippen molar-refractivity contribution < 1.29 is 4.92 Å². The van der Waals surface area contributed by atoms with Crippen molar-refractivity contribution in [2.75, 3.05) is 0 Å². The molecule has 0 aromatic heterocycles. The molecule has 0 fully saturated rings. The summed E-state index contributed by atoms with van der Waals surface area (Å²) in [6.07, 6.45) is 2.59. The highest BCUT2D eigenvalue weighted by atomic mass is 79.9. The Hall–Kier alpha value is -0.610. The molecule has 3 nitrogen and oxygen atoms in total. The van der Waals surface area contributed by atoms with Gasteiger partial charge in [-0.3, -0.25) is 10.1 Å². The molecule has 0 radical (unpaired) electrons. The molecule has 1 aromatic carbocycles. The second-order valence-electron chi connectivity index (χ2n) is 3.57. The van der Waals surface area contributed by atoms with E-state index in [-0.39, 0.29) is 10.6 Å². The van der Waals surface area contributed by atoms with E-state index in [1.54, 1.807) is 12.1 Å². The fourth-order valence-corrected chi connectivity index (χ4v) is 1.83. The van der Waals surface area contributed by atoms with Gasteiger partial charge < -0.3 is 0 Å². The summed E-state index contributed by atoms with van der Waals surface area (Å²) in [6.45, 7) is 2.08. The summed E-state index contributed by atoms with van der Waals surface area (Å²) >= 11 is 9.25. The molecule has 0 bridgehead atoms. The predicted octanol–water partition coefficient (Wildman–Crippen LogP) is 4.35.